The molecule has 0 radical (unpaired) electrons. The fourth-order valence-corrected chi connectivity index (χ4v) is 4.11. The van der Waals surface area contributed by atoms with Gasteiger partial charge >= 0.3 is 0 Å². The lowest BCUT2D eigenvalue weighted by atomic mass is 9.99. The Balaban J connectivity index is 1.78. The van der Waals surface area contributed by atoms with Crippen LogP contribution in [0.3, 0.4) is 0 Å². The van der Waals surface area contributed by atoms with Gasteiger partial charge in [0.25, 0.3) is 5.91 Å². The average molecular weight is 381 g/mol. The minimum atomic E-state index is -0.00499. The summed E-state index contributed by atoms with van der Waals surface area (Å²) < 4.78 is 0. The van der Waals surface area contributed by atoms with Crippen LogP contribution < -0.4 is 0 Å². The molecule has 3 nitrogen and oxygen atoms in total. The predicted molar refractivity (Wildman–Crippen MR) is 99.1 cm³/mol. The Bertz CT molecular complexity index is 725. The summed E-state index contributed by atoms with van der Waals surface area (Å²) in [4.78, 5) is 19.8. The topological polar surface area (TPSA) is 33.2 Å². The summed E-state index contributed by atoms with van der Waals surface area (Å²) in [5, 5.41) is 1.87. The quantitative estimate of drug-likeness (QED) is 0.713. The van der Waals surface area contributed by atoms with Crippen molar-refractivity contribution >= 4 is 40.9 Å². The van der Waals surface area contributed by atoms with Crippen LogP contribution in [0.4, 0.5) is 0 Å². The van der Waals surface area contributed by atoms with E-state index in [1.807, 2.05) is 17.0 Å². The number of nitrogens with zero attached hydrogens (tertiary/aromatic N) is 2. The van der Waals surface area contributed by atoms with E-state index in [0.29, 0.717) is 26.7 Å². The highest BCUT2D eigenvalue weighted by atomic mass is 35.5. The molecular formula is C18H18Cl2N2OS. The zero-order valence-corrected chi connectivity index (χ0v) is 15.7. The second kappa shape index (κ2) is 7.77. The predicted octanol–water partition coefficient (Wildman–Crippen LogP) is 5.41. The highest BCUT2D eigenvalue weighted by molar-refractivity contribution is 7.99. The first-order valence-electron chi connectivity index (χ1n) is 7.93. The Kier molecular flexibility index (Phi) is 5.69. The van der Waals surface area contributed by atoms with E-state index in [1.54, 1.807) is 24.3 Å². The minimum absolute atomic E-state index is 0.00499. The maximum absolute atomic E-state index is 12.6. The van der Waals surface area contributed by atoms with Crippen LogP contribution in [0.1, 0.15) is 30.3 Å². The highest BCUT2D eigenvalue weighted by Gasteiger charge is 2.22. The summed E-state index contributed by atoms with van der Waals surface area (Å²) in [6.45, 7) is 3.83. The first-order chi connectivity index (χ1) is 11.5. The number of hydrogen-bond acceptors (Lipinski definition) is 3. The lowest BCUT2D eigenvalue weighted by Gasteiger charge is -2.30. The lowest BCUT2D eigenvalue weighted by Crippen LogP contribution is -2.38. The molecule has 1 aromatic heterocycles. The highest BCUT2D eigenvalue weighted by Crippen LogP contribution is 2.37. The number of aromatic nitrogens is 1. The Labute approximate surface area is 156 Å². The van der Waals surface area contributed by atoms with Crippen LogP contribution in [0.25, 0.3) is 0 Å². The molecule has 2 heterocycles. The number of carbonyl (C=O) groups is 1. The van der Waals surface area contributed by atoms with Gasteiger partial charge in [-0.2, -0.15) is 0 Å². The van der Waals surface area contributed by atoms with Gasteiger partial charge in [0.15, 0.2) is 0 Å². The van der Waals surface area contributed by atoms with Gasteiger partial charge in [0.05, 0.1) is 14.9 Å². The maximum Gasteiger partial charge on any atom is 0.272 e. The monoisotopic (exact) mass is 380 g/mol. The van der Waals surface area contributed by atoms with E-state index in [9.17, 15) is 4.79 Å². The van der Waals surface area contributed by atoms with Crippen LogP contribution in [0.2, 0.25) is 10.0 Å². The number of halogens is 2. The van der Waals surface area contributed by atoms with Gasteiger partial charge < -0.3 is 4.90 Å². The molecule has 0 spiro atoms. The third-order valence-corrected chi connectivity index (χ3v) is 6.07. The summed E-state index contributed by atoms with van der Waals surface area (Å²) in [6.07, 6.45) is 2.10. The summed E-state index contributed by atoms with van der Waals surface area (Å²) >= 11 is 13.8. The van der Waals surface area contributed by atoms with E-state index in [2.05, 4.69) is 11.9 Å². The molecule has 0 aliphatic carbocycles. The van der Waals surface area contributed by atoms with Crippen LogP contribution in [0.5, 0.6) is 0 Å². The fraction of sp³-hybridized carbons (Fsp3) is 0.333. The Morgan fingerprint density at radius 3 is 2.42 bits per heavy atom. The largest absolute Gasteiger partial charge is 0.337 e. The maximum atomic E-state index is 12.6. The molecule has 1 aliphatic heterocycles. The van der Waals surface area contributed by atoms with Gasteiger partial charge in [0.2, 0.25) is 0 Å². The summed E-state index contributed by atoms with van der Waals surface area (Å²) in [7, 11) is 0. The number of piperidine rings is 1. The van der Waals surface area contributed by atoms with Gasteiger partial charge in [-0.15, -0.1) is 0 Å². The Hall–Kier alpha value is -1.23. The normalized spacial score (nSPS) is 15.5. The van der Waals surface area contributed by atoms with Crippen molar-refractivity contribution in [1.29, 1.82) is 0 Å². The SMILES string of the molecule is CC1CCN(C(=O)c2cccc(Sc3c(Cl)cccc3Cl)n2)CC1. The second-order valence-electron chi connectivity index (χ2n) is 5.99. The standard InChI is InChI=1S/C18H18Cl2N2OS/c1-12-8-10-22(11-9-12)18(23)15-6-3-7-16(21-15)24-17-13(19)4-2-5-14(17)20/h2-7,12H,8-11H2,1H3. The van der Waals surface area contributed by atoms with Gasteiger partial charge in [-0.1, -0.05) is 54.0 Å². The van der Waals surface area contributed by atoms with Crippen LogP contribution >= 0.6 is 35.0 Å². The molecule has 1 amide bonds. The van der Waals surface area contributed by atoms with E-state index in [0.717, 1.165) is 30.8 Å². The number of hydrogen-bond donors (Lipinski definition) is 0. The van der Waals surface area contributed by atoms with Gasteiger partial charge in [0.1, 0.15) is 10.7 Å². The molecule has 0 atom stereocenters. The minimum Gasteiger partial charge on any atom is -0.337 e. The van der Waals surface area contributed by atoms with E-state index in [-0.39, 0.29) is 5.91 Å². The number of rotatable bonds is 3. The zero-order valence-electron chi connectivity index (χ0n) is 13.3. The van der Waals surface area contributed by atoms with E-state index in [4.69, 9.17) is 23.2 Å². The van der Waals surface area contributed by atoms with Crippen LogP contribution in [-0.4, -0.2) is 28.9 Å². The molecule has 0 unspecified atom stereocenters. The van der Waals surface area contributed by atoms with Crippen molar-refractivity contribution in [1.82, 2.24) is 9.88 Å². The molecular weight excluding hydrogens is 363 g/mol. The summed E-state index contributed by atoms with van der Waals surface area (Å²) in [5.74, 6) is 0.681. The average Bonchev–Trinajstić information content (AvgIpc) is 2.59. The number of carbonyl (C=O) groups excluding carboxylic acids is 1. The van der Waals surface area contributed by atoms with E-state index < -0.39 is 0 Å². The molecule has 1 fully saturated rings. The van der Waals surface area contributed by atoms with Gasteiger partial charge in [-0.25, -0.2) is 4.98 Å². The molecule has 1 aliphatic rings. The lowest BCUT2D eigenvalue weighted by molar-refractivity contribution is 0.0690. The van der Waals surface area contributed by atoms with Crippen LogP contribution in [0.15, 0.2) is 46.3 Å². The van der Waals surface area contributed by atoms with Crippen molar-refractivity contribution in [3.8, 4) is 0 Å². The Morgan fingerprint density at radius 2 is 1.75 bits per heavy atom. The number of benzene rings is 1. The van der Waals surface area contributed by atoms with Gasteiger partial charge in [-0.3, -0.25) is 4.79 Å². The number of likely N-dealkylation sites (tertiary alicyclic amines) is 1. The molecule has 24 heavy (non-hydrogen) atoms. The molecule has 1 saturated heterocycles. The van der Waals surface area contributed by atoms with Crippen LogP contribution in [-0.2, 0) is 0 Å². The van der Waals surface area contributed by atoms with E-state index in [1.165, 1.54) is 11.8 Å². The summed E-state index contributed by atoms with van der Waals surface area (Å²) in [6, 6.07) is 10.9. The van der Waals surface area contributed by atoms with Gasteiger partial charge in [-0.05, 0) is 43.0 Å². The van der Waals surface area contributed by atoms with Crippen molar-refractivity contribution < 1.29 is 4.79 Å². The van der Waals surface area contributed by atoms with Crippen molar-refractivity contribution in [2.45, 2.75) is 29.7 Å². The third kappa shape index (κ3) is 4.05. The summed E-state index contributed by atoms with van der Waals surface area (Å²) in [5.41, 5.74) is 0.470. The first kappa shape index (κ1) is 17.6. The van der Waals surface area contributed by atoms with Crippen molar-refractivity contribution in [3.63, 3.8) is 0 Å². The molecule has 2 aromatic rings. The zero-order chi connectivity index (χ0) is 17.1. The molecule has 0 bridgehead atoms. The van der Waals surface area contributed by atoms with Crippen LogP contribution in [0, 0.1) is 5.92 Å². The fourth-order valence-electron chi connectivity index (χ4n) is 2.65. The second-order valence-corrected chi connectivity index (χ2v) is 7.83. The van der Waals surface area contributed by atoms with Crippen molar-refractivity contribution in [2.24, 2.45) is 5.92 Å². The van der Waals surface area contributed by atoms with Gasteiger partial charge in [0, 0.05) is 13.1 Å². The van der Waals surface area contributed by atoms with Crippen molar-refractivity contribution in [2.75, 3.05) is 13.1 Å². The molecule has 1 aromatic carbocycles. The molecule has 6 heteroatoms. The number of amides is 1. The number of pyridine rings is 1. The third-order valence-electron chi connectivity index (χ3n) is 4.14. The molecule has 3 rings (SSSR count). The molecule has 0 N–H and O–H groups in total. The smallest absolute Gasteiger partial charge is 0.272 e. The Morgan fingerprint density at radius 1 is 1.12 bits per heavy atom. The first-order valence-corrected chi connectivity index (χ1v) is 9.50. The van der Waals surface area contributed by atoms with Crippen molar-refractivity contribution in [3.05, 3.63) is 52.1 Å². The van der Waals surface area contributed by atoms with E-state index >= 15 is 0 Å². The molecule has 0 saturated carbocycles. The molecule has 126 valence electrons.